The summed E-state index contributed by atoms with van der Waals surface area (Å²) >= 11 is 1.86. The van der Waals surface area contributed by atoms with Gasteiger partial charge in [-0.25, -0.2) is 0 Å². The van der Waals surface area contributed by atoms with Crippen molar-refractivity contribution in [2.75, 3.05) is 0 Å². The third-order valence-corrected chi connectivity index (χ3v) is 10.5. The van der Waals surface area contributed by atoms with Crippen LogP contribution in [0, 0.1) is 0 Å². The molecule has 2 heterocycles. The fraction of sp³-hybridized carbons (Fsp3) is 0.273. The summed E-state index contributed by atoms with van der Waals surface area (Å²) in [4.78, 5) is 10.4. The molecule has 14 heavy (non-hydrogen) atoms. The Bertz CT molecular complexity index is 407. The molecule has 0 aliphatic rings. The molecule has 0 atom stereocenters. The van der Waals surface area contributed by atoms with Crippen molar-refractivity contribution in [1.82, 2.24) is 0 Å². The minimum absolute atomic E-state index is 1.45. The van der Waals surface area contributed by atoms with E-state index < -0.39 is 18.4 Å². The van der Waals surface area contributed by atoms with Crippen molar-refractivity contribution >= 4 is 44.6 Å². The monoisotopic (exact) mass is 330 g/mol. The molecule has 0 N–H and O–H groups in total. The molecule has 0 spiro atoms. The third-order valence-electron chi connectivity index (χ3n) is 2.22. The van der Waals surface area contributed by atoms with Gasteiger partial charge in [-0.3, -0.25) is 0 Å². The van der Waals surface area contributed by atoms with Gasteiger partial charge in [0.2, 0.25) is 0 Å². The van der Waals surface area contributed by atoms with Crippen molar-refractivity contribution in [2.24, 2.45) is 0 Å². The van der Waals surface area contributed by atoms with Crippen molar-refractivity contribution in [3.05, 3.63) is 29.0 Å². The van der Waals surface area contributed by atoms with E-state index in [1.54, 1.807) is 3.58 Å². The zero-order chi connectivity index (χ0) is 10.2. The van der Waals surface area contributed by atoms with Crippen molar-refractivity contribution in [2.45, 2.75) is 14.8 Å². The quantitative estimate of drug-likeness (QED) is 0.730. The van der Waals surface area contributed by atoms with Crippen LogP contribution in [0.15, 0.2) is 29.0 Å². The van der Waals surface area contributed by atoms with Gasteiger partial charge in [0.25, 0.3) is 0 Å². The van der Waals surface area contributed by atoms with Crippen LogP contribution in [0.4, 0.5) is 0 Å². The molecule has 0 aliphatic carbocycles. The van der Waals surface area contributed by atoms with Crippen molar-refractivity contribution in [1.29, 1.82) is 0 Å². The number of rotatable bonds is 2. The molecule has 0 amide bonds. The van der Waals surface area contributed by atoms with Crippen LogP contribution in [-0.4, -0.2) is 18.4 Å². The fourth-order valence-electron chi connectivity index (χ4n) is 1.50. The van der Waals surface area contributed by atoms with Gasteiger partial charge in [-0.2, -0.15) is 0 Å². The Hall–Kier alpha value is 0.199. The number of thiophene rings is 2. The van der Waals surface area contributed by atoms with E-state index in [-0.39, 0.29) is 0 Å². The maximum atomic E-state index is 2.48. The molecule has 0 bridgehead atoms. The van der Waals surface area contributed by atoms with Gasteiger partial charge in [-0.1, -0.05) is 0 Å². The second-order valence-corrected chi connectivity index (χ2v) is 20.6. The van der Waals surface area contributed by atoms with E-state index in [0.29, 0.717) is 0 Å². The Balaban J connectivity index is 2.51. The first-order chi connectivity index (χ1) is 6.59. The van der Waals surface area contributed by atoms with Gasteiger partial charge in [0.15, 0.2) is 0 Å². The summed E-state index contributed by atoms with van der Waals surface area (Å²) in [6.07, 6.45) is 0. The molecule has 2 rings (SSSR count). The minimum atomic E-state index is -1.89. The van der Waals surface area contributed by atoms with Crippen molar-refractivity contribution in [3.8, 4) is 9.75 Å². The molecule has 0 radical (unpaired) electrons. The van der Waals surface area contributed by atoms with Crippen molar-refractivity contribution < 1.29 is 0 Å². The molecule has 0 fully saturated rings. The normalized spacial score (nSPS) is 11.9. The van der Waals surface area contributed by atoms with Gasteiger partial charge < -0.3 is 0 Å². The molecular formula is C11H14S2Sn. The molecule has 2 aromatic rings. The van der Waals surface area contributed by atoms with E-state index in [1.807, 2.05) is 22.7 Å². The predicted octanol–water partition coefficient (Wildman–Crippen LogP) is 4.02. The first kappa shape index (κ1) is 10.7. The molecule has 0 unspecified atom stereocenters. The van der Waals surface area contributed by atoms with Crippen LogP contribution in [0.25, 0.3) is 9.75 Å². The molecular weight excluding hydrogens is 315 g/mol. The van der Waals surface area contributed by atoms with Crippen molar-refractivity contribution in [3.63, 3.8) is 0 Å². The van der Waals surface area contributed by atoms with Gasteiger partial charge in [0.05, 0.1) is 0 Å². The summed E-state index contributed by atoms with van der Waals surface area (Å²) in [5.74, 6) is 0. The first-order valence-electron chi connectivity index (χ1n) is 4.71. The Labute approximate surface area is 97.5 Å². The van der Waals surface area contributed by atoms with Gasteiger partial charge in [0.1, 0.15) is 0 Å². The van der Waals surface area contributed by atoms with Crippen LogP contribution in [0.1, 0.15) is 0 Å². The molecule has 0 aromatic carbocycles. The zero-order valence-corrected chi connectivity index (χ0v) is 13.2. The SMILES string of the molecule is [CH3][Sn]([CH3])([CH3])[c]1ccsc1-c1cccs1. The molecule has 0 aliphatic heterocycles. The zero-order valence-electron chi connectivity index (χ0n) is 8.70. The van der Waals surface area contributed by atoms with Gasteiger partial charge >= 0.3 is 98.2 Å². The number of hydrogen-bond donors (Lipinski definition) is 0. The van der Waals surface area contributed by atoms with Gasteiger partial charge in [-0.05, 0) is 0 Å². The second kappa shape index (κ2) is 3.99. The van der Waals surface area contributed by atoms with Gasteiger partial charge in [0, 0.05) is 0 Å². The third kappa shape index (κ3) is 2.07. The second-order valence-electron chi connectivity index (χ2n) is 4.39. The molecule has 0 nitrogen and oxygen atoms in total. The summed E-state index contributed by atoms with van der Waals surface area (Å²) in [5, 5.41) is 4.41. The summed E-state index contributed by atoms with van der Waals surface area (Å²) in [7, 11) is 0. The average Bonchev–Trinajstić information content (AvgIpc) is 2.73. The molecule has 3 heteroatoms. The molecule has 2 aromatic heterocycles. The first-order valence-corrected chi connectivity index (χ1v) is 16.5. The van der Waals surface area contributed by atoms with Crippen LogP contribution in [-0.2, 0) is 0 Å². The average molecular weight is 329 g/mol. The van der Waals surface area contributed by atoms with Crippen LogP contribution >= 0.6 is 22.7 Å². The Morgan fingerprint density at radius 3 is 2.36 bits per heavy atom. The van der Waals surface area contributed by atoms with Crippen LogP contribution in [0.2, 0.25) is 14.8 Å². The van der Waals surface area contributed by atoms with E-state index in [9.17, 15) is 0 Å². The van der Waals surface area contributed by atoms with Gasteiger partial charge in [-0.15, -0.1) is 0 Å². The van der Waals surface area contributed by atoms with E-state index in [4.69, 9.17) is 0 Å². The molecule has 0 saturated heterocycles. The van der Waals surface area contributed by atoms with Crippen LogP contribution in [0.3, 0.4) is 0 Å². The summed E-state index contributed by atoms with van der Waals surface area (Å²) in [5.41, 5.74) is 0. The van der Waals surface area contributed by atoms with E-state index in [0.717, 1.165) is 0 Å². The Morgan fingerprint density at radius 1 is 1.00 bits per heavy atom. The standard InChI is InChI=1S/C8H5S2.3CH3.Sn/c1-3-7(9-5-1)8-4-2-6-10-8;;;;/h1-3,5-6H;3*1H3;. The van der Waals surface area contributed by atoms with Crippen LogP contribution < -0.4 is 3.58 Å². The molecule has 74 valence electrons. The van der Waals surface area contributed by atoms with E-state index in [1.165, 1.54) is 9.75 Å². The topological polar surface area (TPSA) is 0 Å². The predicted molar refractivity (Wildman–Crippen MR) is 70.6 cm³/mol. The Kier molecular flexibility index (Phi) is 3.05. The van der Waals surface area contributed by atoms with Crippen LogP contribution in [0.5, 0.6) is 0 Å². The molecule has 0 saturated carbocycles. The summed E-state index contributed by atoms with van der Waals surface area (Å²) in [6.45, 7) is 0. The summed E-state index contributed by atoms with van der Waals surface area (Å²) in [6, 6.07) is 6.72. The van der Waals surface area contributed by atoms with E-state index in [2.05, 4.69) is 43.8 Å². The number of hydrogen-bond acceptors (Lipinski definition) is 2. The Morgan fingerprint density at radius 2 is 1.79 bits per heavy atom. The fourth-order valence-corrected chi connectivity index (χ4v) is 10.3. The maximum absolute atomic E-state index is 2.48. The summed E-state index contributed by atoms with van der Waals surface area (Å²) < 4.78 is 1.67. The van der Waals surface area contributed by atoms with E-state index >= 15 is 0 Å².